The zero-order valence-electron chi connectivity index (χ0n) is 9.73. The van der Waals surface area contributed by atoms with E-state index < -0.39 is 12.3 Å². The number of rotatable bonds is 3. The fraction of sp³-hybridized carbons (Fsp3) is 0.818. The van der Waals surface area contributed by atoms with Crippen LogP contribution in [0.4, 0.5) is 4.79 Å². The van der Waals surface area contributed by atoms with Gasteiger partial charge in [0.2, 0.25) is 0 Å². The standard InChI is InChI=1S/C11H18O5/c1-3-15-10(12)8-6-4-5-7-9(8)16-11(13)14-2/h8-9H,3-7H2,1-2H3/t8-,9-/m1/s1. The maximum atomic E-state index is 11.6. The van der Waals surface area contributed by atoms with Crippen LogP contribution in [-0.2, 0) is 19.0 Å². The Kier molecular flexibility index (Phi) is 5.08. The molecule has 1 saturated carbocycles. The molecule has 0 aromatic heterocycles. The fourth-order valence-electron chi connectivity index (χ4n) is 1.93. The highest BCUT2D eigenvalue weighted by atomic mass is 16.7. The third kappa shape index (κ3) is 3.40. The first kappa shape index (κ1) is 12.8. The van der Waals surface area contributed by atoms with Crippen LogP contribution in [0.1, 0.15) is 32.6 Å². The molecule has 2 atom stereocenters. The van der Waals surface area contributed by atoms with E-state index in [2.05, 4.69) is 4.74 Å². The molecule has 92 valence electrons. The van der Waals surface area contributed by atoms with Gasteiger partial charge in [0.1, 0.15) is 6.10 Å². The first-order valence-corrected chi connectivity index (χ1v) is 5.60. The summed E-state index contributed by atoms with van der Waals surface area (Å²) in [5.41, 5.74) is 0. The van der Waals surface area contributed by atoms with Crippen LogP contribution in [0.3, 0.4) is 0 Å². The lowest BCUT2D eigenvalue weighted by molar-refractivity contribution is -0.154. The van der Waals surface area contributed by atoms with Gasteiger partial charge < -0.3 is 14.2 Å². The molecule has 1 aliphatic rings. The first-order valence-electron chi connectivity index (χ1n) is 5.60. The second-order valence-electron chi connectivity index (χ2n) is 3.75. The molecule has 5 heteroatoms. The third-order valence-corrected chi connectivity index (χ3v) is 2.71. The minimum Gasteiger partial charge on any atom is -0.466 e. The Morgan fingerprint density at radius 1 is 1.25 bits per heavy atom. The normalized spacial score (nSPS) is 24.6. The van der Waals surface area contributed by atoms with Crippen molar-refractivity contribution in [2.75, 3.05) is 13.7 Å². The smallest absolute Gasteiger partial charge is 0.466 e. The summed E-state index contributed by atoms with van der Waals surface area (Å²) in [6.45, 7) is 2.11. The van der Waals surface area contributed by atoms with Crippen LogP contribution in [0.15, 0.2) is 0 Å². The van der Waals surface area contributed by atoms with Gasteiger partial charge in [-0.25, -0.2) is 4.79 Å². The van der Waals surface area contributed by atoms with Crippen molar-refractivity contribution < 1.29 is 23.8 Å². The summed E-state index contributed by atoms with van der Waals surface area (Å²) < 4.78 is 14.4. The van der Waals surface area contributed by atoms with Gasteiger partial charge in [-0.2, -0.15) is 0 Å². The van der Waals surface area contributed by atoms with E-state index in [1.165, 1.54) is 7.11 Å². The average molecular weight is 230 g/mol. The Bertz CT molecular complexity index is 251. The molecule has 0 unspecified atom stereocenters. The van der Waals surface area contributed by atoms with Gasteiger partial charge in [-0.1, -0.05) is 6.42 Å². The van der Waals surface area contributed by atoms with E-state index in [1.807, 2.05) is 0 Å². The highest BCUT2D eigenvalue weighted by Crippen LogP contribution is 2.28. The van der Waals surface area contributed by atoms with Gasteiger partial charge in [0.05, 0.1) is 19.6 Å². The number of hydrogen-bond acceptors (Lipinski definition) is 5. The minimum absolute atomic E-state index is 0.281. The van der Waals surface area contributed by atoms with Gasteiger partial charge in [0, 0.05) is 0 Å². The van der Waals surface area contributed by atoms with Crippen LogP contribution >= 0.6 is 0 Å². The number of methoxy groups -OCH3 is 1. The van der Waals surface area contributed by atoms with Crippen LogP contribution in [0.2, 0.25) is 0 Å². The monoisotopic (exact) mass is 230 g/mol. The van der Waals surface area contributed by atoms with E-state index >= 15 is 0 Å². The molecular formula is C11H18O5. The summed E-state index contributed by atoms with van der Waals surface area (Å²) in [5.74, 6) is -0.621. The third-order valence-electron chi connectivity index (χ3n) is 2.71. The molecule has 0 bridgehead atoms. The average Bonchev–Trinajstić information content (AvgIpc) is 2.30. The van der Waals surface area contributed by atoms with Gasteiger partial charge in [0.25, 0.3) is 0 Å². The van der Waals surface area contributed by atoms with Crippen LogP contribution in [0.25, 0.3) is 0 Å². The number of esters is 1. The maximum Gasteiger partial charge on any atom is 0.508 e. The summed E-state index contributed by atoms with van der Waals surface area (Å²) in [6, 6.07) is 0. The molecule has 0 aromatic rings. The molecule has 1 rings (SSSR count). The molecule has 16 heavy (non-hydrogen) atoms. The first-order chi connectivity index (χ1) is 7.69. The van der Waals surface area contributed by atoms with Crippen molar-refractivity contribution in [3.8, 4) is 0 Å². The van der Waals surface area contributed by atoms with E-state index in [9.17, 15) is 9.59 Å². The van der Waals surface area contributed by atoms with Crippen LogP contribution in [0.5, 0.6) is 0 Å². The molecular weight excluding hydrogens is 212 g/mol. The second-order valence-corrected chi connectivity index (χ2v) is 3.75. The van der Waals surface area contributed by atoms with Gasteiger partial charge in [0.15, 0.2) is 0 Å². The predicted molar refractivity (Wildman–Crippen MR) is 55.9 cm³/mol. The van der Waals surface area contributed by atoms with E-state index in [-0.39, 0.29) is 11.9 Å². The molecule has 0 aromatic carbocycles. The van der Waals surface area contributed by atoms with E-state index in [0.717, 1.165) is 12.8 Å². The zero-order valence-corrected chi connectivity index (χ0v) is 9.73. The Morgan fingerprint density at radius 3 is 2.56 bits per heavy atom. The maximum absolute atomic E-state index is 11.6. The summed E-state index contributed by atoms with van der Waals surface area (Å²) in [4.78, 5) is 22.6. The molecule has 1 fully saturated rings. The van der Waals surface area contributed by atoms with E-state index in [0.29, 0.717) is 19.4 Å². The largest absolute Gasteiger partial charge is 0.508 e. The van der Waals surface area contributed by atoms with Crippen molar-refractivity contribution in [2.45, 2.75) is 38.7 Å². The molecule has 0 radical (unpaired) electrons. The predicted octanol–water partition coefficient (Wildman–Crippen LogP) is 1.89. The van der Waals surface area contributed by atoms with Gasteiger partial charge in [-0.05, 0) is 26.2 Å². The topological polar surface area (TPSA) is 61.8 Å². The summed E-state index contributed by atoms with van der Waals surface area (Å²) in [7, 11) is 1.25. The molecule has 0 amide bonds. The lowest BCUT2D eigenvalue weighted by Gasteiger charge is -2.28. The van der Waals surface area contributed by atoms with Crippen molar-refractivity contribution in [2.24, 2.45) is 5.92 Å². The SMILES string of the molecule is CCOC(=O)[C@@H]1CCCC[C@H]1OC(=O)OC. The van der Waals surface area contributed by atoms with Crippen LogP contribution in [-0.4, -0.2) is 31.9 Å². The zero-order chi connectivity index (χ0) is 12.0. The number of carbonyl (C=O) groups is 2. The molecule has 0 saturated heterocycles. The molecule has 0 aliphatic heterocycles. The number of hydrogen-bond donors (Lipinski definition) is 0. The quantitative estimate of drug-likeness (QED) is 0.693. The lowest BCUT2D eigenvalue weighted by Crippen LogP contribution is -2.36. The van der Waals surface area contributed by atoms with Crippen molar-refractivity contribution >= 4 is 12.1 Å². The van der Waals surface area contributed by atoms with Gasteiger partial charge >= 0.3 is 12.1 Å². The van der Waals surface area contributed by atoms with Crippen molar-refractivity contribution in [1.29, 1.82) is 0 Å². The van der Waals surface area contributed by atoms with E-state index in [4.69, 9.17) is 9.47 Å². The Hall–Kier alpha value is -1.26. The molecule has 1 aliphatic carbocycles. The Labute approximate surface area is 95.0 Å². The highest BCUT2D eigenvalue weighted by molar-refractivity contribution is 5.73. The van der Waals surface area contributed by atoms with Crippen molar-refractivity contribution in [1.82, 2.24) is 0 Å². The fourth-order valence-corrected chi connectivity index (χ4v) is 1.93. The second kappa shape index (κ2) is 6.35. The molecule has 0 heterocycles. The Morgan fingerprint density at radius 2 is 1.94 bits per heavy atom. The molecule has 5 nitrogen and oxygen atoms in total. The minimum atomic E-state index is -0.735. The van der Waals surface area contributed by atoms with Crippen LogP contribution in [0, 0.1) is 5.92 Å². The van der Waals surface area contributed by atoms with E-state index in [1.54, 1.807) is 6.92 Å². The number of ether oxygens (including phenoxy) is 3. The molecule has 0 spiro atoms. The Balaban J connectivity index is 2.56. The lowest BCUT2D eigenvalue weighted by atomic mass is 9.86. The van der Waals surface area contributed by atoms with Gasteiger partial charge in [-0.3, -0.25) is 4.79 Å². The molecule has 0 N–H and O–H groups in total. The summed E-state index contributed by atoms with van der Waals surface area (Å²) >= 11 is 0. The van der Waals surface area contributed by atoms with Crippen molar-refractivity contribution in [3.63, 3.8) is 0 Å². The summed E-state index contributed by atoms with van der Waals surface area (Å²) in [5, 5.41) is 0. The number of carbonyl (C=O) groups excluding carboxylic acids is 2. The van der Waals surface area contributed by atoms with Gasteiger partial charge in [-0.15, -0.1) is 0 Å². The van der Waals surface area contributed by atoms with Crippen LogP contribution < -0.4 is 0 Å². The van der Waals surface area contributed by atoms with Crippen molar-refractivity contribution in [3.05, 3.63) is 0 Å². The highest BCUT2D eigenvalue weighted by Gasteiger charge is 2.34. The summed E-state index contributed by atoms with van der Waals surface area (Å²) in [6.07, 6.45) is 2.18.